The number of hydrogen-bond acceptors (Lipinski definition) is 3. The van der Waals surface area contributed by atoms with Gasteiger partial charge in [-0.2, -0.15) is 0 Å². The summed E-state index contributed by atoms with van der Waals surface area (Å²) in [5, 5.41) is 5.93. The van der Waals surface area contributed by atoms with Gasteiger partial charge in [0.05, 0.1) is 11.0 Å². The van der Waals surface area contributed by atoms with Crippen LogP contribution in [0.5, 0.6) is 0 Å². The van der Waals surface area contributed by atoms with Crippen LogP contribution in [0.1, 0.15) is 43.1 Å². The Kier molecular flexibility index (Phi) is 7.22. The molecule has 2 aromatic carbocycles. The lowest BCUT2D eigenvalue weighted by molar-refractivity contribution is -0.121. The topological polar surface area (TPSA) is 76.0 Å². The lowest BCUT2D eigenvalue weighted by Gasteiger charge is -2.11. The molecular formula is C24H30N4O2. The van der Waals surface area contributed by atoms with E-state index in [1.807, 2.05) is 60.9 Å². The second-order valence-corrected chi connectivity index (χ2v) is 7.65. The van der Waals surface area contributed by atoms with Crippen molar-refractivity contribution in [1.82, 2.24) is 14.9 Å². The third-order valence-electron chi connectivity index (χ3n) is 5.20. The van der Waals surface area contributed by atoms with Gasteiger partial charge in [-0.05, 0) is 62.1 Å². The molecule has 2 amide bonds. The van der Waals surface area contributed by atoms with Crippen molar-refractivity contribution in [3.63, 3.8) is 0 Å². The molecular weight excluding hydrogens is 376 g/mol. The lowest BCUT2D eigenvalue weighted by atomic mass is 10.1. The van der Waals surface area contributed by atoms with Crippen molar-refractivity contribution >= 4 is 28.5 Å². The first-order valence-corrected chi connectivity index (χ1v) is 10.6. The van der Waals surface area contributed by atoms with E-state index in [1.54, 1.807) is 0 Å². The Morgan fingerprint density at radius 1 is 1.03 bits per heavy atom. The van der Waals surface area contributed by atoms with Gasteiger partial charge >= 0.3 is 0 Å². The van der Waals surface area contributed by atoms with Gasteiger partial charge in [-0.15, -0.1) is 0 Å². The highest BCUT2D eigenvalue weighted by Crippen LogP contribution is 2.18. The van der Waals surface area contributed by atoms with Crippen molar-refractivity contribution in [3.8, 4) is 0 Å². The quantitative estimate of drug-likeness (QED) is 0.524. The Labute approximate surface area is 177 Å². The second kappa shape index (κ2) is 10.1. The molecule has 0 aliphatic carbocycles. The number of amides is 2. The Hall–Kier alpha value is -3.15. The third kappa shape index (κ3) is 5.47. The zero-order valence-corrected chi connectivity index (χ0v) is 18.0. The van der Waals surface area contributed by atoms with Crippen LogP contribution in [0.25, 0.3) is 11.0 Å². The van der Waals surface area contributed by atoms with Crippen molar-refractivity contribution in [3.05, 3.63) is 59.4 Å². The number of anilines is 1. The number of para-hydroxylation sites is 2. The maximum atomic E-state index is 12.7. The van der Waals surface area contributed by atoms with Crippen LogP contribution in [0.3, 0.4) is 0 Å². The Bertz CT molecular complexity index is 1040. The lowest BCUT2D eigenvalue weighted by Crippen LogP contribution is -2.25. The van der Waals surface area contributed by atoms with Gasteiger partial charge in [-0.3, -0.25) is 9.59 Å². The van der Waals surface area contributed by atoms with Gasteiger partial charge in [-0.25, -0.2) is 4.98 Å². The van der Waals surface area contributed by atoms with Gasteiger partial charge in [0.15, 0.2) is 0 Å². The molecule has 0 bridgehead atoms. The molecule has 0 aliphatic heterocycles. The van der Waals surface area contributed by atoms with E-state index in [4.69, 9.17) is 4.98 Å². The molecule has 1 aromatic heterocycles. The summed E-state index contributed by atoms with van der Waals surface area (Å²) in [6.07, 6.45) is 2.87. The second-order valence-electron chi connectivity index (χ2n) is 7.65. The number of imidazole rings is 1. The highest BCUT2D eigenvalue weighted by Gasteiger charge is 2.14. The number of hydrogen-bond donors (Lipinski definition) is 2. The first-order chi connectivity index (χ1) is 14.5. The van der Waals surface area contributed by atoms with Gasteiger partial charge < -0.3 is 15.2 Å². The van der Waals surface area contributed by atoms with E-state index in [0.717, 1.165) is 41.0 Å². The molecule has 2 N–H and O–H groups in total. The fourth-order valence-corrected chi connectivity index (χ4v) is 3.45. The van der Waals surface area contributed by atoms with E-state index < -0.39 is 0 Å². The summed E-state index contributed by atoms with van der Waals surface area (Å²) in [7, 11) is 0. The molecule has 0 saturated heterocycles. The van der Waals surface area contributed by atoms with E-state index in [2.05, 4.69) is 17.6 Å². The van der Waals surface area contributed by atoms with Crippen LogP contribution >= 0.6 is 0 Å². The molecule has 0 atom stereocenters. The highest BCUT2D eigenvalue weighted by atomic mass is 16.2. The van der Waals surface area contributed by atoms with Crippen molar-refractivity contribution in [2.75, 3.05) is 11.9 Å². The average molecular weight is 407 g/mol. The first kappa shape index (κ1) is 21.6. The van der Waals surface area contributed by atoms with E-state index >= 15 is 0 Å². The van der Waals surface area contributed by atoms with Crippen molar-refractivity contribution < 1.29 is 9.59 Å². The summed E-state index contributed by atoms with van der Waals surface area (Å²) in [6.45, 7) is 6.88. The van der Waals surface area contributed by atoms with Gasteiger partial charge in [0.1, 0.15) is 12.4 Å². The van der Waals surface area contributed by atoms with Crippen LogP contribution in [0.15, 0.2) is 42.5 Å². The Morgan fingerprint density at radius 2 is 1.83 bits per heavy atom. The van der Waals surface area contributed by atoms with E-state index in [-0.39, 0.29) is 18.4 Å². The predicted molar refractivity (Wildman–Crippen MR) is 121 cm³/mol. The zero-order valence-electron chi connectivity index (χ0n) is 18.0. The van der Waals surface area contributed by atoms with Crippen LogP contribution in [-0.4, -0.2) is 27.9 Å². The number of aromatic nitrogens is 2. The molecule has 0 aliphatic rings. The minimum absolute atomic E-state index is 0.0822. The summed E-state index contributed by atoms with van der Waals surface area (Å²) in [5.74, 6) is 0.855. The van der Waals surface area contributed by atoms with E-state index in [9.17, 15) is 9.59 Å². The molecule has 0 radical (unpaired) electrons. The summed E-state index contributed by atoms with van der Waals surface area (Å²) >= 11 is 0. The van der Waals surface area contributed by atoms with Crippen molar-refractivity contribution in [2.45, 2.75) is 53.0 Å². The molecule has 3 aromatic rings. The number of rotatable bonds is 9. The maximum Gasteiger partial charge on any atom is 0.244 e. The summed E-state index contributed by atoms with van der Waals surface area (Å²) < 4.78 is 1.97. The number of carbonyl (C=O) groups is 2. The molecule has 0 saturated carbocycles. The third-order valence-corrected chi connectivity index (χ3v) is 5.20. The SMILES string of the molecule is CCCC(=O)NCCCc1nc2ccccc2n1CC(=O)Nc1ccc(C)c(C)c1. The molecule has 158 valence electrons. The molecule has 6 nitrogen and oxygen atoms in total. The number of fused-ring (bicyclic) bond motifs is 1. The molecule has 1 heterocycles. The van der Waals surface area contributed by atoms with Crippen LogP contribution in [0, 0.1) is 13.8 Å². The van der Waals surface area contributed by atoms with Gasteiger partial charge in [-0.1, -0.05) is 25.1 Å². The minimum atomic E-state index is -0.0843. The van der Waals surface area contributed by atoms with E-state index in [1.165, 1.54) is 5.56 Å². The molecule has 0 unspecified atom stereocenters. The van der Waals surface area contributed by atoms with Gasteiger partial charge in [0, 0.05) is 25.1 Å². The van der Waals surface area contributed by atoms with Crippen LogP contribution < -0.4 is 10.6 Å². The van der Waals surface area contributed by atoms with E-state index in [0.29, 0.717) is 19.4 Å². The number of benzene rings is 2. The monoisotopic (exact) mass is 406 g/mol. The summed E-state index contributed by atoms with van der Waals surface area (Å²) in [5.41, 5.74) is 4.96. The standard InChI is InChI=1S/C24H30N4O2/c1-4-8-23(29)25-14-7-11-22-27-20-9-5-6-10-21(20)28(22)16-24(30)26-19-13-12-17(2)18(3)15-19/h5-6,9-10,12-13,15H,4,7-8,11,14,16H2,1-3H3,(H,25,29)(H,26,30). The number of nitrogens with one attached hydrogen (secondary N) is 2. The molecule has 0 fully saturated rings. The smallest absolute Gasteiger partial charge is 0.244 e. The molecule has 6 heteroatoms. The van der Waals surface area contributed by atoms with Crippen LogP contribution in [0.2, 0.25) is 0 Å². The zero-order chi connectivity index (χ0) is 21.5. The van der Waals surface area contributed by atoms with Gasteiger partial charge in [0.2, 0.25) is 11.8 Å². The molecule has 3 rings (SSSR count). The van der Waals surface area contributed by atoms with Crippen LogP contribution in [-0.2, 0) is 22.6 Å². The highest BCUT2D eigenvalue weighted by molar-refractivity contribution is 5.92. The van der Waals surface area contributed by atoms with Crippen molar-refractivity contribution in [2.24, 2.45) is 0 Å². The largest absolute Gasteiger partial charge is 0.356 e. The molecule has 30 heavy (non-hydrogen) atoms. The summed E-state index contributed by atoms with van der Waals surface area (Å²) in [4.78, 5) is 29.1. The fraction of sp³-hybridized carbons (Fsp3) is 0.375. The first-order valence-electron chi connectivity index (χ1n) is 10.6. The fourth-order valence-electron chi connectivity index (χ4n) is 3.45. The number of aryl methyl sites for hydroxylation is 3. The van der Waals surface area contributed by atoms with Crippen LogP contribution in [0.4, 0.5) is 5.69 Å². The van der Waals surface area contributed by atoms with Crippen molar-refractivity contribution in [1.29, 1.82) is 0 Å². The van der Waals surface area contributed by atoms with Gasteiger partial charge in [0.25, 0.3) is 0 Å². The average Bonchev–Trinajstić information content (AvgIpc) is 3.06. The maximum absolute atomic E-state index is 12.7. The summed E-state index contributed by atoms with van der Waals surface area (Å²) in [6, 6.07) is 13.8. The molecule has 0 spiro atoms. The minimum Gasteiger partial charge on any atom is -0.356 e. The normalized spacial score (nSPS) is 10.9. The Balaban J connectivity index is 1.70. The Morgan fingerprint density at radius 3 is 2.60 bits per heavy atom. The predicted octanol–water partition coefficient (Wildman–Crippen LogP) is 4.14. The number of carbonyl (C=O) groups excluding carboxylic acids is 2. The number of nitrogens with zero attached hydrogens (tertiary/aromatic N) is 2.